The molecule has 0 unspecified atom stereocenters. The molecule has 0 amide bonds. The predicted molar refractivity (Wildman–Crippen MR) is 71.7 cm³/mol. The van der Waals surface area contributed by atoms with Gasteiger partial charge in [-0.25, -0.2) is 0 Å². The number of ether oxygens (including phenoxy) is 6. The summed E-state index contributed by atoms with van der Waals surface area (Å²) in [6.07, 6.45) is -1.96. The maximum absolute atomic E-state index is 11.2. The van der Waals surface area contributed by atoms with E-state index in [0.29, 0.717) is 6.61 Å². The van der Waals surface area contributed by atoms with E-state index in [9.17, 15) is 4.79 Å². The van der Waals surface area contributed by atoms with Gasteiger partial charge in [0.2, 0.25) is 0 Å². The average Bonchev–Trinajstić information content (AvgIpc) is 2.41. The van der Waals surface area contributed by atoms with E-state index in [1.807, 2.05) is 0 Å². The van der Waals surface area contributed by atoms with Crippen molar-refractivity contribution in [2.45, 2.75) is 31.3 Å². The average molecular weight is 294 g/mol. The minimum Gasteiger partial charge on any atom is -0.457 e. The number of hydrogen-bond donors (Lipinski definition) is 0. The molecule has 0 rings (SSSR count). The van der Waals surface area contributed by atoms with Gasteiger partial charge in [-0.1, -0.05) is 0 Å². The van der Waals surface area contributed by atoms with Crippen molar-refractivity contribution in [2.24, 2.45) is 0 Å². The molecule has 0 saturated heterocycles. The molecular formula is C13H26O7. The van der Waals surface area contributed by atoms with Crippen LogP contribution in [0.25, 0.3) is 0 Å². The standard InChI is InChI=1S/C13H26O7/c1-9(14)20-11(8-16-3)13(19-6)12(18-5)10(17-4)7-15-2/h10-13H,7-8H2,1-6H3/t10-,11-,12-,13-/m1/s1. The summed E-state index contributed by atoms with van der Waals surface area (Å²) < 4.78 is 31.6. The van der Waals surface area contributed by atoms with Gasteiger partial charge in [-0.15, -0.1) is 0 Å². The quantitative estimate of drug-likeness (QED) is 0.506. The first kappa shape index (κ1) is 19.3. The number of methoxy groups -OCH3 is 5. The maximum atomic E-state index is 11.2. The van der Waals surface area contributed by atoms with Crippen LogP contribution in [0.3, 0.4) is 0 Å². The Hall–Kier alpha value is -0.730. The van der Waals surface area contributed by atoms with Gasteiger partial charge < -0.3 is 28.4 Å². The van der Waals surface area contributed by atoms with E-state index in [0.717, 1.165) is 0 Å². The lowest BCUT2D eigenvalue weighted by Gasteiger charge is -2.34. The van der Waals surface area contributed by atoms with Crippen LogP contribution in [0.4, 0.5) is 0 Å². The van der Waals surface area contributed by atoms with Gasteiger partial charge in [0.1, 0.15) is 18.3 Å². The predicted octanol–water partition coefficient (Wildman–Crippen LogP) is 0.256. The van der Waals surface area contributed by atoms with Crippen molar-refractivity contribution in [3.8, 4) is 0 Å². The Labute approximate surface area is 120 Å². The van der Waals surface area contributed by atoms with Crippen LogP contribution in [0.5, 0.6) is 0 Å². The number of carbonyl (C=O) groups excluding carboxylic acids is 1. The minimum atomic E-state index is -0.595. The van der Waals surface area contributed by atoms with Crippen molar-refractivity contribution in [2.75, 3.05) is 48.8 Å². The topological polar surface area (TPSA) is 72.5 Å². The maximum Gasteiger partial charge on any atom is 0.303 e. The van der Waals surface area contributed by atoms with E-state index >= 15 is 0 Å². The molecule has 0 bridgehead atoms. The first-order chi connectivity index (χ1) is 9.55. The van der Waals surface area contributed by atoms with Crippen LogP contribution >= 0.6 is 0 Å². The van der Waals surface area contributed by atoms with Crippen LogP contribution in [0.1, 0.15) is 6.92 Å². The second-order valence-corrected chi connectivity index (χ2v) is 4.23. The lowest BCUT2D eigenvalue weighted by Crippen LogP contribution is -2.51. The van der Waals surface area contributed by atoms with E-state index < -0.39 is 24.3 Å². The number of hydrogen-bond acceptors (Lipinski definition) is 7. The summed E-state index contributed by atoms with van der Waals surface area (Å²) in [5.41, 5.74) is 0. The van der Waals surface area contributed by atoms with Gasteiger partial charge in [-0.05, 0) is 0 Å². The molecule has 0 aromatic carbocycles. The molecule has 0 aromatic rings. The van der Waals surface area contributed by atoms with E-state index in [2.05, 4.69) is 0 Å². The number of carbonyl (C=O) groups is 1. The van der Waals surface area contributed by atoms with Gasteiger partial charge in [0.25, 0.3) is 0 Å². The molecule has 4 atom stereocenters. The van der Waals surface area contributed by atoms with Gasteiger partial charge in [0.05, 0.1) is 13.2 Å². The SMILES string of the molecule is COC[C@@H](OC)[C@@H](OC)[C@H](OC)[C@@H](COC)OC(C)=O. The van der Waals surface area contributed by atoms with Crippen molar-refractivity contribution < 1.29 is 33.2 Å². The molecule has 0 aliphatic carbocycles. The molecule has 0 radical (unpaired) electrons. The summed E-state index contributed by atoms with van der Waals surface area (Å²) in [6, 6.07) is 0. The fourth-order valence-electron chi connectivity index (χ4n) is 2.03. The summed E-state index contributed by atoms with van der Waals surface area (Å²) in [5.74, 6) is -0.412. The Bertz CT molecular complexity index is 259. The van der Waals surface area contributed by atoms with Crippen molar-refractivity contribution in [1.82, 2.24) is 0 Å². The molecule has 0 heterocycles. The molecule has 0 aliphatic heterocycles. The highest BCUT2D eigenvalue weighted by Gasteiger charge is 2.37. The fourth-order valence-corrected chi connectivity index (χ4v) is 2.03. The molecule has 0 N–H and O–H groups in total. The normalized spacial score (nSPS) is 17.3. The van der Waals surface area contributed by atoms with Crippen LogP contribution in [-0.4, -0.2) is 79.1 Å². The Morgan fingerprint density at radius 1 is 0.800 bits per heavy atom. The summed E-state index contributed by atoms with van der Waals surface area (Å²) >= 11 is 0. The van der Waals surface area contributed by atoms with E-state index in [1.54, 1.807) is 14.2 Å². The Kier molecular flexibility index (Phi) is 10.6. The highest BCUT2D eigenvalue weighted by molar-refractivity contribution is 5.66. The molecule has 7 heteroatoms. The molecule has 0 fully saturated rings. The molecule has 0 aromatic heterocycles. The van der Waals surface area contributed by atoms with Crippen molar-refractivity contribution in [3.05, 3.63) is 0 Å². The third-order valence-electron chi connectivity index (χ3n) is 2.88. The smallest absolute Gasteiger partial charge is 0.303 e. The van der Waals surface area contributed by atoms with Crippen molar-refractivity contribution in [1.29, 1.82) is 0 Å². The highest BCUT2D eigenvalue weighted by atomic mass is 16.6. The van der Waals surface area contributed by atoms with Crippen molar-refractivity contribution in [3.63, 3.8) is 0 Å². The minimum absolute atomic E-state index is 0.196. The zero-order chi connectivity index (χ0) is 15.5. The third kappa shape index (κ3) is 6.15. The lowest BCUT2D eigenvalue weighted by molar-refractivity contribution is -0.183. The summed E-state index contributed by atoms with van der Waals surface area (Å²) in [6.45, 7) is 1.86. The number of rotatable bonds is 11. The Balaban J connectivity index is 5.05. The van der Waals surface area contributed by atoms with Crippen LogP contribution < -0.4 is 0 Å². The number of esters is 1. The van der Waals surface area contributed by atoms with Gasteiger partial charge in [0.15, 0.2) is 6.10 Å². The fraction of sp³-hybridized carbons (Fsp3) is 0.923. The van der Waals surface area contributed by atoms with E-state index in [4.69, 9.17) is 28.4 Å². The van der Waals surface area contributed by atoms with Gasteiger partial charge in [-0.3, -0.25) is 4.79 Å². The largest absolute Gasteiger partial charge is 0.457 e. The zero-order valence-electron chi connectivity index (χ0n) is 13.1. The van der Waals surface area contributed by atoms with Crippen LogP contribution in [0.2, 0.25) is 0 Å². The summed E-state index contributed by atoms with van der Waals surface area (Å²) in [4.78, 5) is 11.2. The van der Waals surface area contributed by atoms with E-state index in [1.165, 1.54) is 28.3 Å². The highest BCUT2D eigenvalue weighted by Crippen LogP contribution is 2.17. The molecule has 0 aliphatic rings. The zero-order valence-corrected chi connectivity index (χ0v) is 13.1. The lowest BCUT2D eigenvalue weighted by atomic mass is 10.0. The van der Waals surface area contributed by atoms with E-state index in [-0.39, 0.29) is 12.7 Å². The molecule has 7 nitrogen and oxygen atoms in total. The monoisotopic (exact) mass is 294 g/mol. The second kappa shape index (κ2) is 11.0. The molecule has 120 valence electrons. The molecular weight excluding hydrogens is 268 g/mol. The van der Waals surface area contributed by atoms with Crippen LogP contribution in [0, 0.1) is 0 Å². The first-order valence-electron chi connectivity index (χ1n) is 6.29. The second-order valence-electron chi connectivity index (χ2n) is 4.23. The molecule has 0 spiro atoms. The van der Waals surface area contributed by atoms with Gasteiger partial charge >= 0.3 is 5.97 Å². The first-order valence-corrected chi connectivity index (χ1v) is 6.29. The Morgan fingerprint density at radius 2 is 1.25 bits per heavy atom. The van der Waals surface area contributed by atoms with Crippen LogP contribution in [-0.2, 0) is 33.2 Å². The van der Waals surface area contributed by atoms with Gasteiger partial charge in [0, 0.05) is 42.5 Å². The van der Waals surface area contributed by atoms with Crippen molar-refractivity contribution >= 4 is 5.97 Å². The molecule has 0 saturated carbocycles. The summed E-state index contributed by atoms with van der Waals surface area (Å²) in [7, 11) is 7.70. The summed E-state index contributed by atoms with van der Waals surface area (Å²) in [5, 5.41) is 0. The Morgan fingerprint density at radius 3 is 1.60 bits per heavy atom. The van der Waals surface area contributed by atoms with Crippen LogP contribution in [0.15, 0.2) is 0 Å². The van der Waals surface area contributed by atoms with Gasteiger partial charge in [-0.2, -0.15) is 0 Å². The molecule has 20 heavy (non-hydrogen) atoms. The third-order valence-corrected chi connectivity index (χ3v) is 2.88.